The Labute approximate surface area is 190 Å². The van der Waals surface area contributed by atoms with Gasteiger partial charge in [-0.2, -0.15) is 0 Å². The Balaban J connectivity index is 1.17. The molecular weight excluding hydrogens is 420 g/mol. The maximum Gasteiger partial charge on any atom is 0.316 e. The van der Waals surface area contributed by atoms with E-state index in [-0.39, 0.29) is 60.1 Å². The number of fused-ring (bicyclic) bond motifs is 5. The van der Waals surface area contributed by atoms with Crippen molar-refractivity contribution in [1.29, 1.82) is 0 Å². The molecule has 6 rings (SSSR count). The van der Waals surface area contributed by atoms with E-state index in [0.29, 0.717) is 5.69 Å². The van der Waals surface area contributed by atoms with Crippen LogP contribution in [0.3, 0.4) is 0 Å². The van der Waals surface area contributed by atoms with Crippen LogP contribution in [0, 0.1) is 29.6 Å². The minimum Gasteiger partial charge on any atom is -0.426 e. The first-order valence-electron chi connectivity index (χ1n) is 11.2. The van der Waals surface area contributed by atoms with Gasteiger partial charge in [-0.1, -0.05) is 36.4 Å². The second-order valence-electron chi connectivity index (χ2n) is 9.17. The van der Waals surface area contributed by atoms with Crippen LogP contribution in [0.4, 0.5) is 11.4 Å². The first-order chi connectivity index (χ1) is 16.0. The Kier molecular flexibility index (Phi) is 4.47. The molecule has 4 aliphatic rings. The highest BCUT2D eigenvalue weighted by atomic mass is 16.5. The molecule has 0 unspecified atom stereocenters. The van der Waals surface area contributed by atoms with Crippen molar-refractivity contribution in [2.45, 2.75) is 12.8 Å². The van der Waals surface area contributed by atoms with E-state index < -0.39 is 11.9 Å². The molecule has 7 heteroatoms. The monoisotopic (exact) mass is 442 g/mol. The van der Waals surface area contributed by atoms with Gasteiger partial charge < -0.3 is 9.64 Å². The fourth-order valence-corrected chi connectivity index (χ4v) is 5.77. The highest BCUT2D eigenvalue weighted by Gasteiger charge is 2.59. The largest absolute Gasteiger partial charge is 0.426 e. The first kappa shape index (κ1) is 19.9. The molecule has 2 aromatic rings. The summed E-state index contributed by atoms with van der Waals surface area (Å²) >= 11 is 0. The third kappa shape index (κ3) is 3.10. The number of allylic oxidation sites excluding steroid dienone is 2. The van der Waals surface area contributed by atoms with Crippen LogP contribution in [-0.2, 0) is 19.2 Å². The number of esters is 1. The fourth-order valence-electron chi connectivity index (χ4n) is 5.77. The molecule has 33 heavy (non-hydrogen) atoms. The number of para-hydroxylation sites is 1. The van der Waals surface area contributed by atoms with Gasteiger partial charge in [-0.15, -0.1) is 0 Å². The van der Waals surface area contributed by atoms with Crippen LogP contribution in [0.5, 0.6) is 5.75 Å². The van der Waals surface area contributed by atoms with Gasteiger partial charge in [-0.05, 0) is 42.5 Å². The van der Waals surface area contributed by atoms with Crippen molar-refractivity contribution in [3.63, 3.8) is 0 Å². The number of carbonyl (C=O) groups is 4. The molecule has 0 spiro atoms. The van der Waals surface area contributed by atoms with E-state index in [2.05, 4.69) is 12.2 Å². The second-order valence-corrected chi connectivity index (χ2v) is 9.17. The van der Waals surface area contributed by atoms with Crippen molar-refractivity contribution in [3.8, 4) is 5.75 Å². The zero-order valence-corrected chi connectivity index (χ0v) is 17.8. The van der Waals surface area contributed by atoms with E-state index in [4.69, 9.17) is 4.74 Å². The van der Waals surface area contributed by atoms with E-state index in [0.717, 1.165) is 12.1 Å². The normalized spacial score (nSPS) is 29.8. The Bertz CT molecular complexity index is 1180. The molecule has 2 bridgehead atoms. The van der Waals surface area contributed by atoms with Gasteiger partial charge in [0.1, 0.15) is 5.75 Å². The maximum absolute atomic E-state index is 13.1. The molecule has 1 saturated carbocycles. The van der Waals surface area contributed by atoms with Crippen molar-refractivity contribution in [3.05, 3.63) is 66.7 Å². The topological polar surface area (TPSA) is 84.0 Å². The molecule has 0 N–H and O–H groups in total. The molecule has 2 saturated heterocycles. The fraction of sp³-hybridized carbons (Fsp3) is 0.308. The molecule has 5 atom stereocenters. The van der Waals surface area contributed by atoms with Crippen LogP contribution in [0.2, 0.25) is 0 Å². The number of hydrogen-bond donors (Lipinski definition) is 0. The van der Waals surface area contributed by atoms with E-state index >= 15 is 0 Å². The molecule has 3 fully saturated rings. The summed E-state index contributed by atoms with van der Waals surface area (Å²) in [5.74, 6) is -1.61. The lowest BCUT2D eigenvalue weighted by molar-refractivity contribution is -0.139. The zero-order valence-electron chi connectivity index (χ0n) is 17.8. The Morgan fingerprint density at radius 1 is 0.848 bits per heavy atom. The summed E-state index contributed by atoms with van der Waals surface area (Å²) in [5, 5.41) is 0. The third-order valence-electron chi connectivity index (χ3n) is 7.29. The molecule has 7 nitrogen and oxygen atoms in total. The quantitative estimate of drug-likeness (QED) is 0.315. The van der Waals surface area contributed by atoms with Gasteiger partial charge in [0.05, 0.1) is 23.4 Å². The van der Waals surface area contributed by atoms with Crippen LogP contribution in [0.1, 0.15) is 12.8 Å². The minimum absolute atomic E-state index is 0.0790. The van der Waals surface area contributed by atoms with Gasteiger partial charge in [-0.25, -0.2) is 4.90 Å². The van der Waals surface area contributed by atoms with E-state index in [1.165, 1.54) is 4.90 Å². The summed E-state index contributed by atoms with van der Waals surface area (Å²) in [4.78, 5) is 54.2. The van der Waals surface area contributed by atoms with Gasteiger partial charge >= 0.3 is 5.97 Å². The number of ether oxygens (including phenoxy) is 1. The number of benzene rings is 2. The van der Waals surface area contributed by atoms with E-state index in [1.807, 2.05) is 30.3 Å². The third-order valence-corrected chi connectivity index (χ3v) is 7.29. The molecule has 0 aromatic heterocycles. The van der Waals surface area contributed by atoms with E-state index in [1.54, 1.807) is 29.2 Å². The first-order valence-corrected chi connectivity index (χ1v) is 11.2. The molecular formula is C26H22N2O5. The molecule has 2 aromatic carbocycles. The van der Waals surface area contributed by atoms with Crippen molar-refractivity contribution in [2.75, 3.05) is 16.3 Å². The van der Waals surface area contributed by atoms with Crippen LogP contribution in [0.25, 0.3) is 0 Å². The Morgan fingerprint density at radius 2 is 1.52 bits per heavy atom. The van der Waals surface area contributed by atoms with Gasteiger partial charge in [-0.3, -0.25) is 19.2 Å². The SMILES string of the molecule is O=C(Oc1cccc(N2C(=O)[C@H]3[C@H](C2=O)[C@H]2C=C[C@H]3C2)c1)[C@@H]1CC(=O)N(c2ccccc2)C1. The van der Waals surface area contributed by atoms with Crippen molar-refractivity contribution >= 4 is 35.1 Å². The second kappa shape index (κ2) is 7.40. The van der Waals surface area contributed by atoms with Gasteiger partial charge in [0.15, 0.2) is 0 Å². The highest BCUT2D eigenvalue weighted by molar-refractivity contribution is 6.22. The van der Waals surface area contributed by atoms with Crippen LogP contribution < -0.4 is 14.5 Å². The predicted molar refractivity (Wildman–Crippen MR) is 119 cm³/mol. The van der Waals surface area contributed by atoms with Crippen LogP contribution in [0.15, 0.2) is 66.7 Å². The van der Waals surface area contributed by atoms with Crippen molar-refractivity contribution in [1.82, 2.24) is 0 Å². The summed E-state index contributed by atoms with van der Waals surface area (Å²) < 4.78 is 5.57. The molecule has 2 heterocycles. The maximum atomic E-state index is 13.1. The number of amides is 3. The lowest BCUT2D eigenvalue weighted by Crippen LogP contribution is -2.32. The van der Waals surface area contributed by atoms with Crippen LogP contribution in [-0.4, -0.2) is 30.2 Å². The average molecular weight is 442 g/mol. The van der Waals surface area contributed by atoms with Gasteiger partial charge in [0.2, 0.25) is 17.7 Å². The minimum atomic E-state index is -0.586. The highest BCUT2D eigenvalue weighted by Crippen LogP contribution is 2.53. The standard InChI is InChI=1S/C26H22N2O5/c29-21-12-17(14-27(21)18-5-2-1-3-6-18)26(32)33-20-8-4-7-19(13-20)28-24(30)22-15-9-10-16(11-15)23(22)25(28)31/h1-10,13,15-17,22-23H,11-12,14H2/t15-,16-,17+,22+,23+/m0/s1. The summed E-state index contributed by atoms with van der Waals surface area (Å²) in [6.45, 7) is 0.254. The Hall–Kier alpha value is -3.74. The smallest absolute Gasteiger partial charge is 0.316 e. The molecule has 2 aliphatic heterocycles. The average Bonchev–Trinajstić information content (AvgIpc) is 3.58. The van der Waals surface area contributed by atoms with E-state index in [9.17, 15) is 19.2 Å². The number of nitrogens with zero attached hydrogens (tertiary/aromatic N) is 2. The zero-order chi connectivity index (χ0) is 22.7. The Morgan fingerprint density at radius 3 is 2.21 bits per heavy atom. The van der Waals surface area contributed by atoms with Gasteiger partial charge in [0, 0.05) is 24.7 Å². The number of hydrogen-bond acceptors (Lipinski definition) is 5. The summed E-state index contributed by atoms with van der Waals surface area (Å²) in [5.41, 5.74) is 1.16. The molecule has 2 aliphatic carbocycles. The predicted octanol–water partition coefficient (Wildman–Crippen LogP) is 2.96. The summed E-state index contributed by atoms with van der Waals surface area (Å²) in [6, 6.07) is 15.7. The molecule has 166 valence electrons. The number of imide groups is 1. The number of rotatable bonds is 4. The van der Waals surface area contributed by atoms with Crippen LogP contribution >= 0.6 is 0 Å². The van der Waals surface area contributed by atoms with Gasteiger partial charge in [0.25, 0.3) is 0 Å². The lowest BCUT2D eigenvalue weighted by atomic mass is 9.85. The van der Waals surface area contributed by atoms with Crippen molar-refractivity contribution in [2.24, 2.45) is 29.6 Å². The molecule has 0 radical (unpaired) electrons. The number of anilines is 2. The number of carbonyl (C=O) groups excluding carboxylic acids is 4. The van der Waals surface area contributed by atoms with Crippen molar-refractivity contribution < 1.29 is 23.9 Å². The molecule has 3 amide bonds. The summed E-state index contributed by atoms with van der Waals surface area (Å²) in [6.07, 6.45) is 5.06. The summed E-state index contributed by atoms with van der Waals surface area (Å²) in [7, 11) is 0. The lowest BCUT2D eigenvalue weighted by Gasteiger charge is -2.18.